The molecule has 5 nitrogen and oxygen atoms in total. The Morgan fingerprint density at radius 3 is 2.44 bits per heavy atom. The smallest absolute Gasteiger partial charge is 0.153 e. The summed E-state index contributed by atoms with van der Waals surface area (Å²) in [7, 11) is 0. The Kier molecular flexibility index (Phi) is 7.82. The normalized spacial score (nSPS) is 14.2. The van der Waals surface area contributed by atoms with Gasteiger partial charge in [0.05, 0.1) is 12.3 Å². The summed E-state index contributed by atoms with van der Waals surface area (Å²) in [6, 6.07) is 5.84. The molecule has 0 amide bonds. The Bertz CT molecular complexity index is 676. The number of hydrogen-bond donors (Lipinski definition) is 0. The monoisotopic (exact) mass is 382 g/mol. The molecule has 0 aliphatic rings. The SMILES string of the molecule is CC(=N[S+]([O-])C(C)(C)CN=[N+]=[N-])c1ccc(CCC(C)(C)C)c(Cl)c1. The Balaban J connectivity index is 2.93. The van der Waals surface area contributed by atoms with Crippen LogP contribution in [0.15, 0.2) is 27.7 Å². The van der Waals surface area contributed by atoms with Crippen molar-refractivity contribution >= 4 is 28.7 Å². The van der Waals surface area contributed by atoms with E-state index in [2.05, 4.69) is 35.2 Å². The summed E-state index contributed by atoms with van der Waals surface area (Å²) in [6.45, 7) is 12.1. The molecule has 0 aliphatic heterocycles. The van der Waals surface area contributed by atoms with Crippen molar-refractivity contribution in [1.29, 1.82) is 0 Å². The van der Waals surface area contributed by atoms with Crippen LogP contribution in [0.25, 0.3) is 10.4 Å². The van der Waals surface area contributed by atoms with Gasteiger partial charge in [-0.25, -0.2) is 0 Å². The number of rotatable bonds is 7. The fraction of sp³-hybridized carbons (Fsp3) is 0.611. The van der Waals surface area contributed by atoms with Gasteiger partial charge in [-0.2, -0.15) is 0 Å². The molecule has 0 heterocycles. The second-order valence-electron chi connectivity index (χ2n) is 7.94. The van der Waals surface area contributed by atoms with Crippen molar-refractivity contribution in [2.45, 2.75) is 59.1 Å². The van der Waals surface area contributed by atoms with E-state index in [0.717, 1.165) is 24.0 Å². The molecule has 1 atom stereocenters. The molecule has 0 saturated carbocycles. The van der Waals surface area contributed by atoms with Gasteiger partial charge in [-0.05, 0) is 56.2 Å². The Labute approximate surface area is 158 Å². The summed E-state index contributed by atoms with van der Waals surface area (Å²) < 4.78 is 16.0. The third-order valence-corrected chi connectivity index (χ3v) is 5.69. The van der Waals surface area contributed by atoms with Crippen molar-refractivity contribution in [3.05, 3.63) is 44.8 Å². The van der Waals surface area contributed by atoms with Gasteiger partial charge < -0.3 is 4.55 Å². The molecular weight excluding hydrogens is 356 g/mol. The van der Waals surface area contributed by atoms with Crippen molar-refractivity contribution in [3.8, 4) is 0 Å². The van der Waals surface area contributed by atoms with E-state index in [4.69, 9.17) is 17.1 Å². The lowest BCUT2D eigenvalue weighted by Crippen LogP contribution is -2.34. The van der Waals surface area contributed by atoms with Crippen LogP contribution in [-0.4, -0.2) is 21.6 Å². The van der Waals surface area contributed by atoms with Gasteiger partial charge in [-0.3, -0.25) is 0 Å². The van der Waals surface area contributed by atoms with Crippen LogP contribution in [0, 0.1) is 5.41 Å². The van der Waals surface area contributed by atoms with Crippen LogP contribution < -0.4 is 0 Å². The third kappa shape index (κ3) is 7.28. The first-order chi connectivity index (χ1) is 11.5. The number of halogens is 1. The van der Waals surface area contributed by atoms with Crippen LogP contribution in [0.2, 0.25) is 5.02 Å². The minimum atomic E-state index is -1.51. The number of hydrogen-bond acceptors (Lipinski definition) is 3. The highest BCUT2D eigenvalue weighted by Crippen LogP contribution is 2.26. The maximum Gasteiger partial charge on any atom is 0.153 e. The van der Waals surface area contributed by atoms with Gasteiger partial charge in [0.25, 0.3) is 0 Å². The van der Waals surface area contributed by atoms with E-state index in [-0.39, 0.29) is 12.0 Å². The minimum Gasteiger partial charge on any atom is -0.591 e. The summed E-state index contributed by atoms with van der Waals surface area (Å²) in [4.78, 5) is 2.72. The Morgan fingerprint density at radius 2 is 1.92 bits per heavy atom. The molecule has 1 rings (SSSR count). The molecule has 0 radical (unpaired) electrons. The van der Waals surface area contributed by atoms with Crippen LogP contribution in [0.1, 0.15) is 59.1 Å². The standard InChI is InChI=1S/C18H27ClN4OS/c1-13(22-25(24)18(5,6)12-21-23-20)15-8-7-14(16(19)11-15)9-10-17(2,3)4/h7-8,11H,9-10,12H2,1-6H3. The fourth-order valence-electron chi connectivity index (χ4n) is 2.04. The lowest BCUT2D eigenvalue weighted by molar-refractivity contribution is 0.378. The Morgan fingerprint density at radius 1 is 1.28 bits per heavy atom. The van der Waals surface area contributed by atoms with E-state index in [1.54, 1.807) is 13.8 Å². The predicted molar refractivity (Wildman–Crippen MR) is 108 cm³/mol. The van der Waals surface area contributed by atoms with Crippen molar-refractivity contribution < 1.29 is 4.55 Å². The highest BCUT2D eigenvalue weighted by molar-refractivity contribution is 7.91. The van der Waals surface area contributed by atoms with Gasteiger partial charge in [0.2, 0.25) is 0 Å². The predicted octanol–water partition coefficient (Wildman–Crippen LogP) is 5.88. The molecule has 1 aromatic rings. The van der Waals surface area contributed by atoms with E-state index < -0.39 is 16.1 Å². The first-order valence-electron chi connectivity index (χ1n) is 8.23. The minimum absolute atomic E-state index is 0.124. The van der Waals surface area contributed by atoms with E-state index in [0.29, 0.717) is 10.7 Å². The molecule has 0 aromatic heterocycles. The third-order valence-electron chi connectivity index (χ3n) is 3.82. The lowest BCUT2D eigenvalue weighted by atomic mass is 9.88. The zero-order valence-electron chi connectivity index (χ0n) is 15.8. The molecule has 0 saturated heterocycles. The second kappa shape index (κ2) is 8.95. The maximum absolute atomic E-state index is 12.4. The van der Waals surface area contributed by atoms with Crippen LogP contribution >= 0.6 is 11.6 Å². The second-order valence-corrected chi connectivity index (χ2v) is 10.1. The largest absolute Gasteiger partial charge is 0.591 e. The van der Waals surface area contributed by atoms with Gasteiger partial charge in [-0.15, -0.1) is 0 Å². The molecule has 1 aromatic carbocycles. The molecule has 138 valence electrons. The summed E-state index contributed by atoms with van der Waals surface area (Å²) in [6.07, 6.45) is 1.97. The van der Waals surface area contributed by atoms with Crippen LogP contribution in [0.3, 0.4) is 0 Å². The lowest BCUT2D eigenvalue weighted by Gasteiger charge is -2.22. The number of nitrogens with zero attached hydrogens (tertiary/aromatic N) is 4. The molecule has 1 unspecified atom stereocenters. The van der Waals surface area contributed by atoms with E-state index in [1.165, 1.54) is 0 Å². The average Bonchev–Trinajstić information content (AvgIpc) is 2.50. The van der Waals surface area contributed by atoms with Crippen LogP contribution in [0.5, 0.6) is 0 Å². The van der Waals surface area contributed by atoms with Gasteiger partial charge in [0, 0.05) is 15.5 Å². The van der Waals surface area contributed by atoms with Gasteiger partial charge in [-0.1, -0.05) is 54.0 Å². The van der Waals surface area contributed by atoms with Gasteiger partial charge in [0.1, 0.15) is 11.4 Å². The highest BCUT2D eigenvalue weighted by atomic mass is 35.5. The fourth-order valence-corrected chi connectivity index (χ4v) is 3.09. The van der Waals surface area contributed by atoms with E-state index in [1.807, 2.05) is 25.1 Å². The van der Waals surface area contributed by atoms with Crippen molar-refractivity contribution in [3.63, 3.8) is 0 Å². The van der Waals surface area contributed by atoms with Crippen LogP contribution in [0.4, 0.5) is 0 Å². The summed E-state index contributed by atoms with van der Waals surface area (Å²) in [5.41, 5.74) is 11.3. The first kappa shape index (κ1) is 21.8. The summed E-state index contributed by atoms with van der Waals surface area (Å²) >= 11 is 4.90. The summed E-state index contributed by atoms with van der Waals surface area (Å²) in [5.74, 6) is 0. The molecule has 7 heteroatoms. The summed E-state index contributed by atoms with van der Waals surface area (Å²) in [5, 5.41) is 4.21. The number of aryl methyl sites for hydroxylation is 1. The molecular formula is C18H27ClN4OS. The first-order valence-corrected chi connectivity index (χ1v) is 9.72. The van der Waals surface area contributed by atoms with E-state index >= 15 is 0 Å². The van der Waals surface area contributed by atoms with Gasteiger partial charge in [0.15, 0.2) is 4.75 Å². The molecule has 0 bridgehead atoms. The molecule has 0 spiro atoms. The maximum atomic E-state index is 12.4. The topological polar surface area (TPSA) is 84.2 Å². The van der Waals surface area contributed by atoms with Crippen LogP contribution in [-0.2, 0) is 17.8 Å². The number of benzene rings is 1. The van der Waals surface area contributed by atoms with Crippen molar-refractivity contribution in [2.75, 3.05) is 6.54 Å². The molecule has 25 heavy (non-hydrogen) atoms. The van der Waals surface area contributed by atoms with Crippen molar-refractivity contribution in [1.82, 2.24) is 0 Å². The zero-order valence-corrected chi connectivity index (χ0v) is 17.4. The zero-order chi connectivity index (χ0) is 19.3. The van der Waals surface area contributed by atoms with Crippen molar-refractivity contribution in [2.24, 2.45) is 14.9 Å². The Hall–Kier alpha value is -1.20. The molecule has 0 N–H and O–H groups in total. The molecule has 0 aliphatic carbocycles. The number of azide groups is 1. The highest BCUT2D eigenvalue weighted by Gasteiger charge is 2.32. The molecule has 0 fully saturated rings. The average molecular weight is 383 g/mol. The quantitative estimate of drug-likeness (QED) is 0.190. The van der Waals surface area contributed by atoms with E-state index in [9.17, 15) is 4.55 Å². The van der Waals surface area contributed by atoms with Gasteiger partial charge >= 0.3 is 0 Å².